The summed E-state index contributed by atoms with van der Waals surface area (Å²) < 4.78 is 11.6. The van der Waals surface area contributed by atoms with Crippen LogP contribution in [0.1, 0.15) is 12.5 Å². The minimum Gasteiger partial charge on any atom is -0.490 e. The quantitative estimate of drug-likeness (QED) is 0.145. The molecule has 37 heavy (non-hydrogen) atoms. The van der Waals surface area contributed by atoms with Crippen molar-refractivity contribution >= 4 is 64.6 Å². The number of urea groups is 1. The fourth-order valence-corrected chi connectivity index (χ4v) is 4.48. The van der Waals surface area contributed by atoms with Crippen molar-refractivity contribution in [3.63, 3.8) is 0 Å². The summed E-state index contributed by atoms with van der Waals surface area (Å²) >= 11 is 13.5. The van der Waals surface area contributed by atoms with Crippen LogP contribution >= 0.6 is 35.0 Å². The van der Waals surface area contributed by atoms with Crippen LogP contribution in [-0.2, 0) is 9.59 Å². The molecule has 1 saturated heterocycles. The number of nitrogens with one attached hydrogen (secondary N) is 1. The van der Waals surface area contributed by atoms with E-state index in [-0.39, 0.29) is 5.57 Å². The summed E-state index contributed by atoms with van der Waals surface area (Å²) in [4.78, 5) is 40.0. The Kier molecular flexibility index (Phi) is 8.76. The number of hydrogen-bond donors (Lipinski definition) is 1. The minimum absolute atomic E-state index is 0.190. The Balaban J connectivity index is 1.50. The van der Waals surface area contributed by atoms with Gasteiger partial charge in [-0.05, 0) is 79.2 Å². The zero-order valence-corrected chi connectivity index (χ0v) is 22.0. The number of rotatable bonds is 9. The maximum absolute atomic E-state index is 13.1. The van der Waals surface area contributed by atoms with Crippen LogP contribution in [0.2, 0.25) is 10.0 Å². The van der Waals surface area contributed by atoms with E-state index in [0.29, 0.717) is 51.8 Å². The molecule has 0 spiro atoms. The molecule has 3 aromatic rings. The van der Waals surface area contributed by atoms with Crippen LogP contribution in [0.3, 0.4) is 0 Å². The first-order valence-corrected chi connectivity index (χ1v) is 13.0. The number of barbiturate groups is 1. The summed E-state index contributed by atoms with van der Waals surface area (Å²) in [6.45, 7) is 2.68. The standard InChI is InChI=1S/C27H22Cl2N2O5S/c1-2-35-24-16-17(3-12-23(24)36-13-14-37-21-10-6-19(29)7-11-21)15-22-25(32)30-27(34)31(26(22)33)20-8-4-18(28)5-9-20/h3-12,15-16H,2,13-14H2,1H3,(H,30,32,34)/b22-15-. The van der Waals surface area contributed by atoms with Gasteiger partial charge < -0.3 is 9.47 Å². The largest absolute Gasteiger partial charge is 0.490 e. The maximum atomic E-state index is 13.1. The second-order valence-corrected chi connectivity index (χ2v) is 9.77. The number of benzene rings is 3. The van der Waals surface area contributed by atoms with Gasteiger partial charge in [0.2, 0.25) is 0 Å². The zero-order chi connectivity index (χ0) is 26.4. The van der Waals surface area contributed by atoms with E-state index >= 15 is 0 Å². The van der Waals surface area contributed by atoms with E-state index in [1.165, 1.54) is 18.2 Å². The number of hydrogen-bond acceptors (Lipinski definition) is 6. The number of nitrogens with zero attached hydrogens (tertiary/aromatic N) is 1. The number of carbonyl (C=O) groups is 3. The molecule has 0 bridgehead atoms. The highest BCUT2D eigenvalue weighted by Crippen LogP contribution is 2.31. The molecule has 1 fully saturated rings. The summed E-state index contributed by atoms with van der Waals surface area (Å²) in [5, 5.41) is 3.35. The van der Waals surface area contributed by atoms with Gasteiger partial charge >= 0.3 is 6.03 Å². The molecule has 0 radical (unpaired) electrons. The Hall–Kier alpha value is -3.46. The van der Waals surface area contributed by atoms with E-state index in [4.69, 9.17) is 32.7 Å². The van der Waals surface area contributed by atoms with Crippen molar-refractivity contribution in [2.75, 3.05) is 23.9 Å². The summed E-state index contributed by atoms with van der Waals surface area (Å²) in [6, 6.07) is 18.0. The van der Waals surface area contributed by atoms with Crippen molar-refractivity contribution in [2.45, 2.75) is 11.8 Å². The number of imide groups is 2. The summed E-state index contributed by atoms with van der Waals surface area (Å²) in [5.74, 6) is 0.203. The molecule has 0 saturated carbocycles. The van der Waals surface area contributed by atoms with Crippen molar-refractivity contribution < 1.29 is 23.9 Å². The predicted molar refractivity (Wildman–Crippen MR) is 146 cm³/mol. The van der Waals surface area contributed by atoms with Crippen LogP contribution < -0.4 is 19.7 Å². The number of halogens is 2. The molecule has 190 valence electrons. The molecule has 1 heterocycles. The van der Waals surface area contributed by atoms with E-state index in [0.717, 1.165) is 9.80 Å². The molecule has 1 aliphatic rings. The second-order valence-electron chi connectivity index (χ2n) is 7.72. The number of amides is 4. The third-order valence-corrected chi connectivity index (χ3v) is 6.67. The predicted octanol–water partition coefficient (Wildman–Crippen LogP) is 6.23. The van der Waals surface area contributed by atoms with Gasteiger partial charge in [0.25, 0.3) is 11.8 Å². The molecular weight excluding hydrogens is 535 g/mol. The molecule has 4 rings (SSSR count). The zero-order valence-electron chi connectivity index (χ0n) is 19.7. The Labute approximate surface area is 228 Å². The van der Waals surface area contributed by atoms with Gasteiger partial charge in [-0.15, -0.1) is 11.8 Å². The number of ether oxygens (including phenoxy) is 2. The van der Waals surface area contributed by atoms with Crippen LogP contribution in [-0.4, -0.2) is 36.8 Å². The second kappa shape index (κ2) is 12.2. The van der Waals surface area contributed by atoms with E-state index in [1.807, 2.05) is 31.2 Å². The lowest BCUT2D eigenvalue weighted by Gasteiger charge is -2.26. The first-order valence-electron chi connectivity index (χ1n) is 11.3. The fraction of sp³-hybridized carbons (Fsp3) is 0.148. The molecular formula is C27H22Cl2N2O5S. The van der Waals surface area contributed by atoms with Gasteiger partial charge in [0.1, 0.15) is 5.57 Å². The van der Waals surface area contributed by atoms with Gasteiger partial charge in [-0.1, -0.05) is 29.3 Å². The summed E-state index contributed by atoms with van der Waals surface area (Å²) in [6.07, 6.45) is 1.41. The minimum atomic E-state index is -0.829. The Morgan fingerprint density at radius 2 is 1.57 bits per heavy atom. The van der Waals surface area contributed by atoms with Crippen molar-refractivity contribution in [3.8, 4) is 11.5 Å². The average molecular weight is 557 g/mol. The van der Waals surface area contributed by atoms with Gasteiger partial charge in [-0.2, -0.15) is 0 Å². The Morgan fingerprint density at radius 3 is 2.24 bits per heavy atom. The molecule has 10 heteroatoms. The SMILES string of the molecule is CCOc1cc(/C=C2/C(=O)NC(=O)N(c3ccc(Cl)cc3)C2=O)ccc1OCCSc1ccc(Cl)cc1. The molecule has 0 aliphatic carbocycles. The summed E-state index contributed by atoms with van der Waals surface area (Å²) in [5.41, 5.74) is 0.640. The van der Waals surface area contributed by atoms with Gasteiger partial charge in [0.15, 0.2) is 11.5 Å². The summed E-state index contributed by atoms with van der Waals surface area (Å²) in [7, 11) is 0. The molecule has 3 aromatic carbocycles. The van der Waals surface area contributed by atoms with Crippen LogP contribution in [0.15, 0.2) is 77.2 Å². The Bertz CT molecular complexity index is 1340. The van der Waals surface area contributed by atoms with Crippen molar-refractivity contribution in [2.24, 2.45) is 0 Å². The molecule has 0 unspecified atom stereocenters. The van der Waals surface area contributed by atoms with Gasteiger partial charge in [-0.3, -0.25) is 14.9 Å². The maximum Gasteiger partial charge on any atom is 0.335 e. The van der Waals surface area contributed by atoms with Crippen molar-refractivity contribution in [1.29, 1.82) is 0 Å². The smallest absolute Gasteiger partial charge is 0.335 e. The third kappa shape index (κ3) is 6.65. The van der Waals surface area contributed by atoms with E-state index in [2.05, 4.69) is 5.32 Å². The molecule has 0 atom stereocenters. The average Bonchev–Trinajstić information content (AvgIpc) is 2.87. The van der Waals surface area contributed by atoms with Gasteiger partial charge in [0.05, 0.1) is 18.9 Å². The lowest BCUT2D eigenvalue weighted by Crippen LogP contribution is -2.54. The highest BCUT2D eigenvalue weighted by molar-refractivity contribution is 7.99. The molecule has 1 aliphatic heterocycles. The lowest BCUT2D eigenvalue weighted by molar-refractivity contribution is -0.122. The fourth-order valence-electron chi connectivity index (χ4n) is 3.49. The van der Waals surface area contributed by atoms with E-state index in [9.17, 15) is 14.4 Å². The highest BCUT2D eigenvalue weighted by atomic mass is 35.5. The van der Waals surface area contributed by atoms with Crippen LogP contribution in [0.25, 0.3) is 6.08 Å². The number of anilines is 1. The highest BCUT2D eigenvalue weighted by Gasteiger charge is 2.36. The lowest BCUT2D eigenvalue weighted by atomic mass is 10.1. The van der Waals surface area contributed by atoms with E-state index < -0.39 is 17.8 Å². The van der Waals surface area contributed by atoms with Crippen LogP contribution in [0.5, 0.6) is 11.5 Å². The molecule has 1 N–H and O–H groups in total. The topological polar surface area (TPSA) is 84.9 Å². The van der Waals surface area contributed by atoms with Crippen molar-refractivity contribution in [3.05, 3.63) is 87.9 Å². The molecule has 4 amide bonds. The molecule has 7 nitrogen and oxygen atoms in total. The first kappa shape index (κ1) is 26.6. The van der Waals surface area contributed by atoms with Crippen molar-refractivity contribution in [1.82, 2.24) is 5.32 Å². The first-order chi connectivity index (χ1) is 17.9. The monoisotopic (exact) mass is 556 g/mol. The number of thioether (sulfide) groups is 1. The Morgan fingerprint density at radius 1 is 0.892 bits per heavy atom. The van der Waals surface area contributed by atoms with Gasteiger partial charge in [0, 0.05) is 20.7 Å². The van der Waals surface area contributed by atoms with Gasteiger partial charge in [-0.25, -0.2) is 9.69 Å². The number of carbonyl (C=O) groups excluding carboxylic acids is 3. The van der Waals surface area contributed by atoms with Crippen LogP contribution in [0.4, 0.5) is 10.5 Å². The van der Waals surface area contributed by atoms with E-state index in [1.54, 1.807) is 42.1 Å². The normalized spacial score (nSPS) is 14.6. The van der Waals surface area contributed by atoms with Crippen LogP contribution in [0, 0.1) is 0 Å². The third-order valence-electron chi connectivity index (χ3n) is 5.19. The molecule has 0 aromatic heterocycles.